The molecule has 3 nitrogen and oxygen atoms in total. The zero-order valence-corrected chi connectivity index (χ0v) is 12.4. The van der Waals surface area contributed by atoms with Gasteiger partial charge in [-0.2, -0.15) is 0 Å². The first-order chi connectivity index (χ1) is 8.98. The highest BCUT2D eigenvalue weighted by Crippen LogP contribution is 2.25. The molecule has 3 N–H and O–H groups in total. The number of nitrogens with one attached hydrogen (secondary N) is 1. The number of halogens is 2. The van der Waals surface area contributed by atoms with E-state index in [2.05, 4.69) is 5.43 Å². The largest absolute Gasteiger partial charge is 0.374 e. The topological polar surface area (TPSA) is 47.3 Å². The number of rotatable bonds is 7. The molecule has 0 radical (unpaired) electrons. The van der Waals surface area contributed by atoms with Crippen LogP contribution in [-0.2, 0) is 11.2 Å². The van der Waals surface area contributed by atoms with Crippen LogP contribution in [0.5, 0.6) is 0 Å². The van der Waals surface area contributed by atoms with Crippen molar-refractivity contribution in [1.82, 2.24) is 5.43 Å². The van der Waals surface area contributed by atoms with E-state index in [-0.39, 0.29) is 16.9 Å². The fourth-order valence-electron chi connectivity index (χ4n) is 2.16. The smallest absolute Gasteiger partial charge is 0.145 e. The SMILES string of the molecule is CCOC(C)(CC)C(Cc1cccc(Cl)c1F)NN. The van der Waals surface area contributed by atoms with Gasteiger partial charge >= 0.3 is 0 Å². The molecule has 5 heteroatoms. The van der Waals surface area contributed by atoms with E-state index in [4.69, 9.17) is 22.2 Å². The maximum absolute atomic E-state index is 13.9. The molecule has 0 fully saturated rings. The molecule has 0 amide bonds. The standard InChI is InChI=1S/C14H22ClFN2O/c1-4-14(3,19-5-2)12(18-17)9-10-7-6-8-11(15)13(10)16/h6-8,12,18H,4-5,9,17H2,1-3H3. The Hall–Kier alpha value is -0.680. The molecule has 0 bridgehead atoms. The molecule has 0 saturated carbocycles. The van der Waals surface area contributed by atoms with Crippen molar-refractivity contribution in [3.05, 3.63) is 34.6 Å². The van der Waals surface area contributed by atoms with Gasteiger partial charge in [0.15, 0.2) is 0 Å². The van der Waals surface area contributed by atoms with Crippen molar-refractivity contribution in [3.63, 3.8) is 0 Å². The van der Waals surface area contributed by atoms with Crippen molar-refractivity contribution in [3.8, 4) is 0 Å². The second-order valence-corrected chi connectivity index (χ2v) is 5.14. The molecular weight excluding hydrogens is 267 g/mol. The average molecular weight is 289 g/mol. The third kappa shape index (κ3) is 3.89. The van der Waals surface area contributed by atoms with E-state index in [1.54, 1.807) is 12.1 Å². The van der Waals surface area contributed by atoms with Crippen molar-refractivity contribution in [2.75, 3.05) is 6.61 Å². The van der Waals surface area contributed by atoms with Crippen LogP contribution in [0.1, 0.15) is 32.8 Å². The summed E-state index contributed by atoms with van der Waals surface area (Å²) in [5, 5.41) is 0.128. The Labute approximate surface area is 119 Å². The predicted octanol–water partition coefficient (Wildman–Crippen LogP) is 3.06. The van der Waals surface area contributed by atoms with E-state index in [1.807, 2.05) is 20.8 Å². The quantitative estimate of drug-likeness (QED) is 0.599. The molecule has 0 aliphatic carbocycles. The Balaban J connectivity index is 2.95. The molecule has 1 aromatic rings. The van der Waals surface area contributed by atoms with Crippen LogP contribution in [0.3, 0.4) is 0 Å². The van der Waals surface area contributed by atoms with E-state index >= 15 is 0 Å². The highest BCUT2D eigenvalue weighted by atomic mass is 35.5. The lowest BCUT2D eigenvalue weighted by molar-refractivity contribution is -0.0552. The number of nitrogens with two attached hydrogens (primary N) is 1. The predicted molar refractivity (Wildman–Crippen MR) is 76.5 cm³/mol. The third-order valence-electron chi connectivity index (χ3n) is 3.57. The number of hydrogen-bond donors (Lipinski definition) is 2. The minimum absolute atomic E-state index is 0.128. The fourth-order valence-corrected chi connectivity index (χ4v) is 2.35. The number of hydrazine groups is 1. The highest BCUT2D eigenvalue weighted by molar-refractivity contribution is 6.30. The molecule has 0 heterocycles. The summed E-state index contributed by atoms with van der Waals surface area (Å²) in [4.78, 5) is 0. The molecule has 19 heavy (non-hydrogen) atoms. The van der Waals surface area contributed by atoms with E-state index in [9.17, 15) is 4.39 Å². The van der Waals surface area contributed by atoms with E-state index < -0.39 is 5.60 Å². The zero-order chi connectivity index (χ0) is 14.5. The molecule has 0 spiro atoms. The lowest BCUT2D eigenvalue weighted by Crippen LogP contribution is -2.54. The van der Waals surface area contributed by atoms with Crippen LogP contribution < -0.4 is 11.3 Å². The Morgan fingerprint density at radius 3 is 2.68 bits per heavy atom. The van der Waals surface area contributed by atoms with Gasteiger partial charge in [-0.15, -0.1) is 0 Å². The number of benzene rings is 1. The van der Waals surface area contributed by atoms with Gasteiger partial charge in [-0.3, -0.25) is 11.3 Å². The van der Waals surface area contributed by atoms with Gasteiger partial charge in [0.25, 0.3) is 0 Å². The second kappa shape index (κ2) is 7.20. The summed E-state index contributed by atoms with van der Waals surface area (Å²) < 4.78 is 19.7. The van der Waals surface area contributed by atoms with E-state index in [1.165, 1.54) is 6.07 Å². The number of hydrogen-bond acceptors (Lipinski definition) is 3. The molecule has 0 aliphatic heterocycles. The molecule has 0 saturated heterocycles. The van der Waals surface area contributed by atoms with Gasteiger partial charge in [0, 0.05) is 6.61 Å². The summed E-state index contributed by atoms with van der Waals surface area (Å²) >= 11 is 5.79. The van der Waals surface area contributed by atoms with Crippen LogP contribution in [-0.4, -0.2) is 18.2 Å². The zero-order valence-electron chi connectivity index (χ0n) is 11.7. The molecule has 2 atom stereocenters. The Morgan fingerprint density at radius 2 is 2.16 bits per heavy atom. The first-order valence-electron chi connectivity index (χ1n) is 6.51. The van der Waals surface area contributed by atoms with Crippen LogP contribution in [0.4, 0.5) is 4.39 Å². The maximum Gasteiger partial charge on any atom is 0.145 e. The first kappa shape index (κ1) is 16.4. The summed E-state index contributed by atoms with van der Waals surface area (Å²) in [7, 11) is 0. The van der Waals surface area contributed by atoms with Gasteiger partial charge in [0.2, 0.25) is 0 Å². The van der Waals surface area contributed by atoms with Gasteiger partial charge in [-0.05, 0) is 38.3 Å². The van der Waals surface area contributed by atoms with Crippen molar-refractivity contribution in [2.24, 2.45) is 5.84 Å². The van der Waals surface area contributed by atoms with Crippen LogP contribution in [0.15, 0.2) is 18.2 Å². The van der Waals surface area contributed by atoms with Gasteiger partial charge < -0.3 is 4.74 Å². The average Bonchev–Trinajstić information content (AvgIpc) is 2.40. The van der Waals surface area contributed by atoms with Crippen molar-refractivity contribution < 1.29 is 9.13 Å². The van der Waals surface area contributed by atoms with E-state index in [0.29, 0.717) is 18.6 Å². The molecule has 2 unspecified atom stereocenters. The normalized spacial score (nSPS) is 16.1. The molecule has 0 aromatic heterocycles. The molecule has 1 aromatic carbocycles. The summed E-state index contributed by atoms with van der Waals surface area (Å²) in [5.74, 6) is 5.23. The van der Waals surface area contributed by atoms with Crippen LogP contribution in [0.2, 0.25) is 5.02 Å². The molecular formula is C14H22ClFN2O. The lowest BCUT2D eigenvalue weighted by atomic mass is 9.88. The lowest BCUT2D eigenvalue weighted by Gasteiger charge is -2.36. The van der Waals surface area contributed by atoms with Crippen LogP contribution >= 0.6 is 11.6 Å². The fraction of sp³-hybridized carbons (Fsp3) is 0.571. The Bertz CT molecular complexity index is 416. The van der Waals surface area contributed by atoms with Crippen LogP contribution in [0, 0.1) is 5.82 Å². The van der Waals surface area contributed by atoms with E-state index in [0.717, 1.165) is 6.42 Å². The molecule has 108 valence electrons. The molecule has 1 rings (SSSR count). The maximum atomic E-state index is 13.9. The van der Waals surface area contributed by atoms with Crippen molar-refractivity contribution in [1.29, 1.82) is 0 Å². The first-order valence-corrected chi connectivity index (χ1v) is 6.89. The minimum Gasteiger partial charge on any atom is -0.374 e. The monoisotopic (exact) mass is 288 g/mol. The van der Waals surface area contributed by atoms with Crippen molar-refractivity contribution >= 4 is 11.6 Å². The summed E-state index contributed by atoms with van der Waals surface area (Å²) in [6, 6.07) is 4.80. The van der Waals surface area contributed by atoms with Gasteiger partial charge in [-0.1, -0.05) is 30.7 Å². The van der Waals surface area contributed by atoms with Gasteiger partial charge in [0.05, 0.1) is 16.7 Å². The van der Waals surface area contributed by atoms with Crippen LogP contribution in [0.25, 0.3) is 0 Å². The third-order valence-corrected chi connectivity index (χ3v) is 3.86. The number of ether oxygens (including phenoxy) is 1. The summed E-state index contributed by atoms with van der Waals surface area (Å²) in [5.41, 5.74) is 2.83. The summed E-state index contributed by atoms with van der Waals surface area (Å²) in [6.45, 7) is 6.51. The van der Waals surface area contributed by atoms with Crippen molar-refractivity contribution in [2.45, 2.75) is 45.3 Å². The molecule has 0 aliphatic rings. The Kier molecular flexibility index (Phi) is 6.20. The summed E-state index contributed by atoms with van der Waals surface area (Å²) in [6.07, 6.45) is 1.20. The minimum atomic E-state index is -0.446. The van der Waals surface area contributed by atoms with Gasteiger partial charge in [-0.25, -0.2) is 4.39 Å². The van der Waals surface area contributed by atoms with Gasteiger partial charge in [0.1, 0.15) is 5.82 Å². The Morgan fingerprint density at radius 1 is 1.47 bits per heavy atom. The highest BCUT2D eigenvalue weighted by Gasteiger charge is 2.33. The second-order valence-electron chi connectivity index (χ2n) is 4.74.